The molecule has 3 aromatic carbocycles. The SMILES string of the molecule is CSC1CCN(C(=O)[C@@H](N)CCCc2ncn(C(c3ccccc3)(c3ccccc3)c3ccccc3)c2C)CC1.Cl. The minimum atomic E-state index is -0.575. The Hall–Kier alpha value is -3.06. The number of carbonyl (C=O) groups excluding carboxylic acids is 1. The van der Waals surface area contributed by atoms with Crippen LogP contribution in [0.2, 0.25) is 0 Å². The van der Waals surface area contributed by atoms with Crippen molar-refractivity contribution in [2.24, 2.45) is 5.73 Å². The standard InChI is InChI=1S/C34H40N4OS.ClH/c1-26-32(20-12-19-31(35)33(39)37-23-21-30(40-2)22-24-37)36-25-38(26)34(27-13-6-3-7-14-27,28-15-8-4-9-16-28)29-17-10-5-11-18-29;/h3-11,13-18,25,30-31H,12,19-24,35H2,1-2H3;1H/t31-;/m0./s1. The van der Waals surface area contributed by atoms with Crippen LogP contribution < -0.4 is 5.73 Å². The van der Waals surface area contributed by atoms with E-state index < -0.39 is 11.6 Å². The molecule has 1 aromatic heterocycles. The number of hydrogen-bond acceptors (Lipinski definition) is 4. The fourth-order valence-corrected chi connectivity index (χ4v) is 6.83. The molecule has 2 N–H and O–H groups in total. The van der Waals surface area contributed by atoms with Crippen LogP contribution in [0.1, 0.15) is 53.8 Å². The number of aryl methyl sites for hydroxylation is 1. The van der Waals surface area contributed by atoms with Crippen LogP contribution >= 0.6 is 24.2 Å². The van der Waals surface area contributed by atoms with Gasteiger partial charge in [0.25, 0.3) is 0 Å². The van der Waals surface area contributed by atoms with Crippen molar-refractivity contribution in [3.8, 4) is 0 Å². The Labute approximate surface area is 255 Å². The number of halogens is 1. The van der Waals surface area contributed by atoms with E-state index in [1.807, 2.05) is 23.0 Å². The fraction of sp³-hybridized carbons (Fsp3) is 0.353. The number of amides is 1. The number of hydrogen-bond donors (Lipinski definition) is 1. The zero-order valence-corrected chi connectivity index (χ0v) is 25.6. The zero-order valence-electron chi connectivity index (χ0n) is 24.0. The second kappa shape index (κ2) is 14.2. The summed E-state index contributed by atoms with van der Waals surface area (Å²) in [5.74, 6) is 0.0954. The number of nitrogens with two attached hydrogens (primary N) is 1. The maximum absolute atomic E-state index is 13.0. The van der Waals surface area contributed by atoms with Crippen LogP contribution in [0.25, 0.3) is 0 Å². The van der Waals surface area contributed by atoms with Crippen molar-refractivity contribution in [2.75, 3.05) is 19.3 Å². The van der Waals surface area contributed by atoms with Crippen LogP contribution in [-0.2, 0) is 16.8 Å². The largest absolute Gasteiger partial charge is 0.341 e. The highest BCUT2D eigenvalue weighted by Gasteiger charge is 2.39. The first-order chi connectivity index (χ1) is 19.6. The molecule has 5 nitrogen and oxygen atoms in total. The molecule has 0 aliphatic carbocycles. The predicted molar refractivity (Wildman–Crippen MR) is 173 cm³/mol. The normalized spacial score (nSPS) is 14.9. The van der Waals surface area contributed by atoms with Gasteiger partial charge in [0.05, 0.1) is 18.1 Å². The minimum Gasteiger partial charge on any atom is -0.341 e. The molecule has 4 aromatic rings. The van der Waals surface area contributed by atoms with E-state index in [1.54, 1.807) is 0 Å². The summed E-state index contributed by atoms with van der Waals surface area (Å²) in [5, 5.41) is 0.660. The summed E-state index contributed by atoms with van der Waals surface area (Å²) in [4.78, 5) is 19.9. The summed E-state index contributed by atoms with van der Waals surface area (Å²) < 4.78 is 2.32. The molecule has 0 radical (unpaired) electrons. The lowest BCUT2D eigenvalue weighted by atomic mass is 9.76. The van der Waals surface area contributed by atoms with E-state index >= 15 is 0 Å². The molecule has 0 unspecified atom stereocenters. The third-order valence-corrected chi connectivity index (χ3v) is 9.52. The molecule has 1 aliphatic heterocycles. The first-order valence-corrected chi connectivity index (χ1v) is 15.6. The highest BCUT2D eigenvalue weighted by Crippen LogP contribution is 2.42. The van der Waals surface area contributed by atoms with Crippen molar-refractivity contribution >= 4 is 30.1 Å². The molecule has 216 valence electrons. The Morgan fingerprint density at radius 1 is 0.927 bits per heavy atom. The van der Waals surface area contributed by atoms with Crippen molar-refractivity contribution < 1.29 is 4.79 Å². The van der Waals surface area contributed by atoms with Crippen LogP contribution in [0.3, 0.4) is 0 Å². The second-order valence-electron chi connectivity index (χ2n) is 10.7. The number of rotatable bonds is 10. The number of aromatic nitrogens is 2. The second-order valence-corrected chi connectivity index (χ2v) is 11.9. The van der Waals surface area contributed by atoms with Gasteiger partial charge in [0.15, 0.2) is 0 Å². The maximum Gasteiger partial charge on any atom is 0.239 e. The molecule has 0 saturated carbocycles. The average molecular weight is 589 g/mol. The molecule has 1 fully saturated rings. The average Bonchev–Trinajstić information content (AvgIpc) is 3.38. The van der Waals surface area contributed by atoms with Crippen LogP contribution in [0.4, 0.5) is 0 Å². The van der Waals surface area contributed by atoms with Gasteiger partial charge in [-0.25, -0.2) is 4.98 Å². The molecule has 1 amide bonds. The van der Waals surface area contributed by atoms with Crippen molar-refractivity contribution in [3.05, 3.63) is 125 Å². The summed E-state index contributed by atoms with van der Waals surface area (Å²) in [5.41, 5.74) is 11.5. The number of likely N-dealkylation sites (tertiary alicyclic amines) is 1. The highest BCUT2D eigenvalue weighted by molar-refractivity contribution is 7.99. The third-order valence-electron chi connectivity index (χ3n) is 8.38. The fourth-order valence-electron chi connectivity index (χ4n) is 6.14. The summed E-state index contributed by atoms with van der Waals surface area (Å²) >= 11 is 1.90. The number of imidazole rings is 1. The molecule has 1 aliphatic rings. The Balaban J connectivity index is 0.00000387. The number of thioether (sulfide) groups is 1. The van der Waals surface area contributed by atoms with E-state index in [-0.39, 0.29) is 18.3 Å². The van der Waals surface area contributed by atoms with Gasteiger partial charge in [0, 0.05) is 24.0 Å². The first-order valence-electron chi connectivity index (χ1n) is 14.3. The lowest BCUT2D eigenvalue weighted by Crippen LogP contribution is -2.47. The molecule has 2 heterocycles. The lowest BCUT2D eigenvalue weighted by molar-refractivity contribution is -0.133. The van der Waals surface area contributed by atoms with Gasteiger partial charge >= 0.3 is 0 Å². The zero-order chi connectivity index (χ0) is 28.0. The van der Waals surface area contributed by atoms with Gasteiger partial charge in [-0.15, -0.1) is 12.4 Å². The number of benzene rings is 3. The van der Waals surface area contributed by atoms with Crippen molar-refractivity contribution in [2.45, 2.75) is 55.9 Å². The number of carbonyl (C=O) groups is 1. The van der Waals surface area contributed by atoms with Crippen molar-refractivity contribution in [1.29, 1.82) is 0 Å². The van der Waals surface area contributed by atoms with Crippen molar-refractivity contribution in [3.63, 3.8) is 0 Å². The van der Waals surface area contributed by atoms with E-state index in [4.69, 9.17) is 10.7 Å². The summed E-state index contributed by atoms with van der Waals surface area (Å²) in [6.45, 7) is 3.80. The molecule has 0 bridgehead atoms. The van der Waals surface area contributed by atoms with Crippen LogP contribution in [0.15, 0.2) is 97.3 Å². The molecular formula is C34H41ClN4OS. The highest BCUT2D eigenvalue weighted by atomic mass is 35.5. The maximum atomic E-state index is 13.0. The summed E-state index contributed by atoms with van der Waals surface area (Å²) in [6, 6.07) is 31.5. The summed E-state index contributed by atoms with van der Waals surface area (Å²) in [6.07, 6.45) is 8.52. The Morgan fingerprint density at radius 2 is 1.41 bits per heavy atom. The van der Waals surface area contributed by atoms with E-state index in [0.717, 1.165) is 50.2 Å². The first kappa shape index (κ1) is 30.9. The molecule has 0 spiro atoms. The van der Waals surface area contributed by atoms with Gasteiger partial charge in [-0.1, -0.05) is 91.0 Å². The topological polar surface area (TPSA) is 64.2 Å². The smallest absolute Gasteiger partial charge is 0.239 e. The quantitative estimate of drug-likeness (QED) is 0.216. The summed E-state index contributed by atoms with van der Waals surface area (Å²) in [7, 11) is 0. The van der Waals surface area contributed by atoms with Gasteiger partial charge < -0.3 is 15.2 Å². The van der Waals surface area contributed by atoms with Gasteiger partial charge in [-0.05, 0) is 62.0 Å². The van der Waals surface area contributed by atoms with Gasteiger partial charge in [0.2, 0.25) is 5.91 Å². The molecule has 5 rings (SSSR count). The Bertz CT molecular complexity index is 1280. The predicted octanol–water partition coefficient (Wildman–Crippen LogP) is 6.46. The van der Waals surface area contributed by atoms with Crippen LogP contribution in [-0.4, -0.2) is 51.0 Å². The molecule has 7 heteroatoms. The van der Waals surface area contributed by atoms with Crippen LogP contribution in [0.5, 0.6) is 0 Å². The van der Waals surface area contributed by atoms with Gasteiger partial charge in [0.1, 0.15) is 5.54 Å². The third kappa shape index (κ3) is 6.40. The van der Waals surface area contributed by atoms with E-state index in [2.05, 4.69) is 109 Å². The van der Waals surface area contributed by atoms with Gasteiger partial charge in [-0.2, -0.15) is 11.8 Å². The van der Waals surface area contributed by atoms with E-state index in [1.165, 1.54) is 16.7 Å². The van der Waals surface area contributed by atoms with Crippen LogP contribution in [0, 0.1) is 6.92 Å². The van der Waals surface area contributed by atoms with Gasteiger partial charge in [-0.3, -0.25) is 4.79 Å². The number of nitrogens with zero attached hydrogens (tertiary/aromatic N) is 3. The Kier molecular flexibility index (Phi) is 10.7. The van der Waals surface area contributed by atoms with Crippen molar-refractivity contribution in [1.82, 2.24) is 14.5 Å². The monoisotopic (exact) mass is 588 g/mol. The number of piperidine rings is 1. The molecule has 41 heavy (non-hydrogen) atoms. The molecule has 1 saturated heterocycles. The molecular weight excluding hydrogens is 548 g/mol. The van der Waals surface area contributed by atoms with E-state index in [9.17, 15) is 4.79 Å². The Morgan fingerprint density at radius 3 is 1.88 bits per heavy atom. The molecule has 1 atom stereocenters. The van der Waals surface area contributed by atoms with E-state index in [0.29, 0.717) is 11.7 Å². The lowest BCUT2D eigenvalue weighted by Gasteiger charge is -2.38. The minimum absolute atomic E-state index is 0.